The summed E-state index contributed by atoms with van der Waals surface area (Å²) >= 11 is 0. The lowest BCUT2D eigenvalue weighted by Gasteiger charge is -2.11. The zero-order chi connectivity index (χ0) is 23.2. The lowest BCUT2D eigenvalue weighted by molar-refractivity contribution is 0.669. The van der Waals surface area contributed by atoms with E-state index in [2.05, 4.69) is 66.7 Å². The van der Waals surface area contributed by atoms with Crippen LogP contribution in [0.25, 0.3) is 66.6 Å². The molecule has 0 atom stereocenters. The first-order valence-electron chi connectivity index (χ1n) is 11.7. The number of fused-ring (bicyclic) bond motifs is 4. The van der Waals surface area contributed by atoms with E-state index in [0.29, 0.717) is 0 Å². The fraction of sp³-hybridized carbons (Fsp3) is 0. The topological polar surface area (TPSA) is 38.9 Å². The third-order valence-electron chi connectivity index (χ3n) is 6.49. The van der Waals surface area contributed by atoms with E-state index in [1.807, 2.05) is 54.6 Å². The van der Waals surface area contributed by atoms with Crippen LogP contribution in [-0.2, 0) is 0 Å². The van der Waals surface area contributed by atoms with Gasteiger partial charge in [0.25, 0.3) is 0 Å². The first-order valence-corrected chi connectivity index (χ1v) is 11.7. The number of nitrogens with zero attached hydrogens (tertiary/aromatic N) is 2. The molecule has 3 nitrogen and oxygen atoms in total. The Morgan fingerprint density at radius 3 is 1.91 bits per heavy atom. The second-order valence-electron chi connectivity index (χ2n) is 8.67. The van der Waals surface area contributed by atoms with Gasteiger partial charge in [0.1, 0.15) is 11.2 Å². The van der Waals surface area contributed by atoms with Crippen LogP contribution in [0, 0.1) is 0 Å². The Balaban J connectivity index is 1.45. The lowest BCUT2D eigenvalue weighted by atomic mass is 9.99. The van der Waals surface area contributed by atoms with Crippen LogP contribution in [0.1, 0.15) is 0 Å². The monoisotopic (exact) mass is 448 g/mol. The highest BCUT2D eigenvalue weighted by Crippen LogP contribution is 2.35. The molecule has 0 unspecified atom stereocenters. The van der Waals surface area contributed by atoms with E-state index in [9.17, 15) is 0 Å². The van der Waals surface area contributed by atoms with Crippen molar-refractivity contribution in [3.8, 4) is 33.8 Å². The van der Waals surface area contributed by atoms with E-state index in [0.717, 1.165) is 66.6 Å². The molecule has 0 aliphatic rings. The minimum absolute atomic E-state index is 0.727. The van der Waals surface area contributed by atoms with Crippen LogP contribution in [-0.4, -0.2) is 9.97 Å². The molecule has 2 heterocycles. The first kappa shape index (κ1) is 19.7. The minimum atomic E-state index is 0.727. The van der Waals surface area contributed by atoms with E-state index in [4.69, 9.17) is 14.4 Å². The zero-order valence-electron chi connectivity index (χ0n) is 18.8. The summed E-state index contributed by atoms with van der Waals surface area (Å²) in [4.78, 5) is 9.98. The average Bonchev–Trinajstić information content (AvgIpc) is 3.31. The molecule has 3 heteroatoms. The van der Waals surface area contributed by atoms with Crippen LogP contribution in [0.2, 0.25) is 0 Å². The summed E-state index contributed by atoms with van der Waals surface area (Å²) in [6.45, 7) is 0. The van der Waals surface area contributed by atoms with Gasteiger partial charge in [0.15, 0.2) is 5.82 Å². The van der Waals surface area contributed by atoms with Crippen LogP contribution >= 0.6 is 0 Å². The van der Waals surface area contributed by atoms with Crippen LogP contribution in [0.4, 0.5) is 0 Å². The third kappa shape index (κ3) is 3.37. The van der Waals surface area contributed by atoms with E-state index < -0.39 is 0 Å². The number of hydrogen-bond donors (Lipinski definition) is 0. The van der Waals surface area contributed by atoms with Crippen molar-refractivity contribution in [3.05, 3.63) is 121 Å². The predicted octanol–water partition coefficient (Wildman–Crippen LogP) is 8.53. The van der Waals surface area contributed by atoms with Gasteiger partial charge >= 0.3 is 0 Å². The number of rotatable bonds is 3. The Bertz CT molecular complexity index is 1840. The summed E-state index contributed by atoms with van der Waals surface area (Å²) in [5.41, 5.74) is 8.00. The molecule has 0 aliphatic carbocycles. The lowest BCUT2D eigenvalue weighted by Crippen LogP contribution is -1.95. The van der Waals surface area contributed by atoms with Gasteiger partial charge in [-0.2, -0.15) is 0 Å². The fourth-order valence-corrected chi connectivity index (χ4v) is 4.75. The molecule has 0 aliphatic heterocycles. The molecule has 5 aromatic carbocycles. The largest absolute Gasteiger partial charge is 0.456 e. The van der Waals surface area contributed by atoms with Gasteiger partial charge in [-0.05, 0) is 41.5 Å². The number of para-hydroxylation sites is 1. The van der Waals surface area contributed by atoms with E-state index >= 15 is 0 Å². The Morgan fingerprint density at radius 1 is 0.429 bits per heavy atom. The van der Waals surface area contributed by atoms with Gasteiger partial charge in [-0.15, -0.1) is 0 Å². The molecule has 0 radical (unpaired) electrons. The highest BCUT2D eigenvalue weighted by molar-refractivity contribution is 6.06. The molecule has 2 aromatic heterocycles. The van der Waals surface area contributed by atoms with Gasteiger partial charge in [-0.1, -0.05) is 91.0 Å². The molecule has 0 N–H and O–H groups in total. The summed E-state index contributed by atoms with van der Waals surface area (Å²) in [6, 6.07) is 41.5. The minimum Gasteiger partial charge on any atom is -0.456 e. The zero-order valence-corrected chi connectivity index (χ0v) is 18.8. The summed E-state index contributed by atoms with van der Waals surface area (Å²) in [5, 5.41) is 3.29. The highest BCUT2D eigenvalue weighted by atomic mass is 16.3. The molecular weight excluding hydrogens is 428 g/mol. The van der Waals surface area contributed by atoms with Crippen molar-refractivity contribution in [2.45, 2.75) is 0 Å². The van der Waals surface area contributed by atoms with E-state index in [1.165, 1.54) is 0 Å². The maximum Gasteiger partial charge on any atom is 0.160 e. The summed E-state index contributed by atoms with van der Waals surface area (Å²) in [6.07, 6.45) is 0. The van der Waals surface area contributed by atoms with Crippen LogP contribution in [0.3, 0.4) is 0 Å². The highest BCUT2D eigenvalue weighted by Gasteiger charge is 2.13. The van der Waals surface area contributed by atoms with Gasteiger partial charge < -0.3 is 4.42 Å². The van der Waals surface area contributed by atoms with Crippen molar-refractivity contribution in [2.24, 2.45) is 0 Å². The molecule has 0 saturated heterocycles. The Morgan fingerprint density at radius 2 is 1.09 bits per heavy atom. The number of furan rings is 1. The maximum atomic E-state index is 6.02. The van der Waals surface area contributed by atoms with E-state index in [-0.39, 0.29) is 0 Å². The number of aromatic nitrogens is 2. The SMILES string of the molecule is c1ccc(-c2nc(-c3ccccc3)c3ccc(-c4ccc5oc6ccccc6c5c4)cc3n2)cc1. The number of hydrogen-bond acceptors (Lipinski definition) is 3. The standard InChI is InChI=1S/C32H20N2O/c1-3-9-21(10-4-1)31-26-17-15-24(20-28(26)33-32(34-31)22-11-5-2-6-12-22)23-16-18-30-27(19-23)25-13-7-8-14-29(25)35-30/h1-20H. The van der Waals surface area contributed by atoms with Gasteiger partial charge in [-0.25, -0.2) is 9.97 Å². The van der Waals surface area contributed by atoms with Crippen molar-refractivity contribution in [1.29, 1.82) is 0 Å². The van der Waals surface area contributed by atoms with Gasteiger partial charge in [0, 0.05) is 27.3 Å². The van der Waals surface area contributed by atoms with Crippen molar-refractivity contribution in [3.63, 3.8) is 0 Å². The van der Waals surface area contributed by atoms with Gasteiger partial charge in [0.2, 0.25) is 0 Å². The first-order chi connectivity index (χ1) is 17.3. The smallest absolute Gasteiger partial charge is 0.160 e. The molecule has 7 aromatic rings. The van der Waals surface area contributed by atoms with Gasteiger partial charge in [-0.3, -0.25) is 0 Å². The van der Waals surface area contributed by atoms with Gasteiger partial charge in [0.05, 0.1) is 11.2 Å². The van der Waals surface area contributed by atoms with Crippen molar-refractivity contribution < 1.29 is 4.42 Å². The van der Waals surface area contributed by atoms with Crippen molar-refractivity contribution in [1.82, 2.24) is 9.97 Å². The van der Waals surface area contributed by atoms with E-state index in [1.54, 1.807) is 0 Å². The second-order valence-corrected chi connectivity index (χ2v) is 8.67. The molecule has 7 rings (SSSR count). The predicted molar refractivity (Wildman–Crippen MR) is 143 cm³/mol. The third-order valence-corrected chi connectivity index (χ3v) is 6.49. The normalized spacial score (nSPS) is 11.4. The summed E-state index contributed by atoms with van der Waals surface area (Å²) in [5.74, 6) is 0.727. The maximum absolute atomic E-state index is 6.02. The average molecular weight is 449 g/mol. The summed E-state index contributed by atoms with van der Waals surface area (Å²) in [7, 11) is 0. The Kier molecular flexibility index (Phi) is 4.46. The Labute approximate surface area is 202 Å². The fourth-order valence-electron chi connectivity index (χ4n) is 4.75. The summed E-state index contributed by atoms with van der Waals surface area (Å²) < 4.78 is 6.02. The second kappa shape index (κ2) is 7.93. The molecule has 0 bridgehead atoms. The molecule has 0 fully saturated rings. The Hall–Kier alpha value is -4.76. The molecule has 0 spiro atoms. The van der Waals surface area contributed by atoms with Crippen molar-refractivity contribution >= 4 is 32.8 Å². The molecule has 164 valence electrons. The number of benzene rings is 5. The molecule has 0 amide bonds. The van der Waals surface area contributed by atoms with Crippen LogP contribution in [0.5, 0.6) is 0 Å². The quantitative estimate of drug-likeness (QED) is 0.272. The molecule has 0 saturated carbocycles. The molecule has 35 heavy (non-hydrogen) atoms. The van der Waals surface area contributed by atoms with Crippen LogP contribution in [0.15, 0.2) is 126 Å². The molecular formula is C32H20N2O. The van der Waals surface area contributed by atoms with Crippen LogP contribution < -0.4 is 0 Å². The van der Waals surface area contributed by atoms with Crippen molar-refractivity contribution in [2.75, 3.05) is 0 Å².